The molecule has 0 radical (unpaired) electrons. The van der Waals surface area contributed by atoms with Crippen LogP contribution in [0.4, 0.5) is 5.69 Å². The quantitative estimate of drug-likeness (QED) is 0.311. The molecule has 2 amide bonds. The number of carbonyl (C=O) groups is 3. The van der Waals surface area contributed by atoms with Crippen molar-refractivity contribution >= 4 is 39.1 Å². The minimum atomic E-state index is -3.71. The van der Waals surface area contributed by atoms with Crippen molar-refractivity contribution in [2.45, 2.75) is 36.1 Å². The Labute approximate surface area is 234 Å². The van der Waals surface area contributed by atoms with Gasteiger partial charge in [0.2, 0.25) is 10.0 Å². The summed E-state index contributed by atoms with van der Waals surface area (Å²) in [5.41, 5.74) is -1.01. The monoisotopic (exact) mass is 566 g/mol. The van der Waals surface area contributed by atoms with Crippen LogP contribution >= 0.6 is 0 Å². The fourth-order valence-electron chi connectivity index (χ4n) is 6.00. The zero-order valence-electron chi connectivity index (χ0n) is 23.0. The molecule has 0 bridgehead atoms. The van der Waals surface area contributed by atoms with Gasteiger partial charge in [-0.05, 0) is 70.2 Å². The molecule has 1 spiro atoms. The molecule has 1 N–H and O–H groups in total. The number of Topliss-reactive ketones (excluding diaryl/α,β-unsaturated/α-hetero) is 1. The molecule has 212 valence electrons. The second-order valence-corrected chi connectivity index (χ2v) is 12.7. The third kappa shape index (κ3) is 4.23. The smallest absolute Gasteiger partial charge is 0.296 e. The number of aliphatic hydroxyl groups excluding tert-OH is 1. The number of likely N-dealkylation sites (N-methyl/N-ethyl adjacent to an activating group) is 1. The Morgan fingerprint density at radius 2 is 1.62 bits per heavy atom. The first-order valence-corrected chi connectivity index (χ1v) is 14.9. The van der Waals surface area contributed by atoms with Crippen molar-refractivity contribution in [1.29, 1.82) is 0 Å². The molecule has 2 fully saturated rings. The van der Waals surface area contributed by atoms with Crippen LogP contribution in [0.5, 0.6) is 0 Å². The van der Waals surface area contributed by atoms with E-state index in [1.54, 1.807) is 31.3 Å². The Hall–Kier alpha value is -3.54. The van der Waals surface area contributed by atoms with Crippen LogP contribution < -0.4 is 4.90 Å². The van der Waals surface area contributed by atoms with E-state index in [0.29, 0.717) is 37.3 Å². The van der Waals surface area contributed by atoms with Crippen LogP contribution in [0.1, 0.15) is 36.8 Å². The Balaban J connectivity index is 1.63. The Morgan fingerprint density at radius 3 is 2.27 bits per heavy atom. The predicted octanol–water partition coefficient (Wildman–Crippen LogP) is 2.37. The van der Waals surface area contributed by atoms with E-state index in [2.05, 4.69) is 0 Å². The third-order valence-electron chi connectivity index (χ3n) is 8.01. The largest absolute Gasteiger partial charge is 0.507 e. The summed E-state index contributed by atoms with van der Waals surface area (Å²) >= 11 is 0. The molecule has 0 aromatic heterocycles. The molecule has 5 rings (SSSR count). The Bertz CT molecular complexity index is 1490. The fraction of sp³-hybridized carbons (Fsp3) is 0.414. The van der Waals surface area contributed by atoms with Gasteiger partial charge in [-0.1, -0.05) is 24.6 Å². The van der Waals surface area contributed by atoms with E-state index in [-0.39, 0.29) is 22.6 Å². The number of para-hydroxylation sites is 1. The summed E-state index contributed by atoms with van der Waals surface area (Å²) in [7, 11) is 1.66. The number of rotatable bonds is 7. The van der Waals surface area contributed by atoms with Crippen molar-refractivity contribution < 1.29 is 27.9 Å². The minimum absolute atomic E-state index is 0.0758. The lowest BCUT2D eigenvalue weighted by Crippen LogP contribution is -2.51. The van der Waals surface area contributed by atoms with Gasteiger partial charge in [-0.3, -0.25) is 14.4 Å². The number of carbonyl (C=O) groups excluding carboxylic acids is 3. The van der Waals surface area contributed by atoms with Crippen molar-refractivity contribution in [3.05, 3.63) is 65.2 Å². The first-order valence-electron chi connectivity index (χ1n) is 13.5. The van der Waals surface area contributed by atoms with E-state index in [0.717, 1.165) is 19.3 Å². The number of anilines is 1. The summed E-state index contributed by atoms with van der Waals surface area (Å²) < 4.78 is 27.7. The van der Waals surface area contributed by atoms with Gasteiger partial charge >= 0.3 is 0 Å². The number of amides is 2. The fourth-order valence-corrected chi connectivity index (χ4v) is 7.52. The lowest BCUT2D eigenvalue weighted by molar-refractivity contribution is -0.143. The van der Waals surface area contributed by atoms with Gasteiger partial charge in [0.1, 0.15) is 5.76 Å². The summed E-state index contributed by atoms with van der Waals surface area (Å²) in [6, 6.07) is 12.5. The SMILES string of the molecule is CN(C)CCCN1C(=O)C(=O)/C(=C(\O)c2ccc(S(=O)(=O)N3CCCCC3)cc2)C12C(=O)N(C)c1ccccc12. The molecule has 40 heavy (non-hydrogen) atoms. The van der Waals surface area contributed by atoms with Crippen molar-refractivity contribution in [1.82, 2.24) is 14.1 Å². The highest BCUT2D eigenvalue weighted by molar-refractivity contribution is 7.89. The second-order valence-electron chi connectivity index (χ2n) is 10.7. The molecule has 0 saturated carbocycles. The molecule has 2 aromatic carbocycles. The van der Waals surface area contributed by atoms with E-state index >= 15 is 0 Å². The van der Waals surface area contributed by atoms with E-state index in [4.69, 9.17) is 0 Å². The summed E-state index contributed by atoms with van der Waals surface area (Å²) in [6.45, 7) is 1.66. The van der Waals surface area contributed by atoms with Crippen LogP contribution in [0, 0.1) is 0 Å². The van der Waals surface area contributed by atoms with Gasteiger partial charge in [0.15, 0.2) is 5.54 Å². The van der Waals surface area contributed by atoms with Crippen LogP contribution in [0.2, 0.25) is 0 Å². The number of hydrogen-bond acceptors (Lipinski definition) is 7. The molecule has 2 saturated heterocycles. The third-order valence-corrected chi connectivity index (χ3v) is 9.92. The topological polar surface area (TPSA) is 119 Å². The highest BCUT2D eigenvalue weighted by atomic mass is 32.2. The first kappa shape index (κ1) is 28.0. The van der Waals surface area contributed by atoms with E-state index in [1.807, 2.05) is 19.0 Å². The van der Waals surface area contributed by atoms with Gasteiger partial charge < -0.3 is 19.8 Å². The molecule has 3 aliphatic heterocycles. The average molecular weight is 567 g/mol. The lowest BCUT2D eigenvalue weighted by atomic mass is 9.82. The number of fused-ring (bicyclic) bond motifs is 2. The van der Waals surface area contributed by atoms with Gasteiger partial charge in [-0.25, -0.2) is 8.42 Å². The molecular weight excluding hydrogens is 532 g/mol. The summed E-state index contributed by atoms with van der Waals surface area (Å²) in [5.74, 6) is -2.84. The molecule has 3 aliphatic rings. The van der Waals surface area contributed by atoms with Crippen LogP contribution in [0.25, 0.3) is 5.76 Å². The van der Waals surface area contributed by atoms with Crippen molar-refractivity contribution in [3.63, 3.8) is 0 Å². The zero-order valence-corrected chi connectivity index (χ0v) is 23.8. The van der Waals surface area contributed by atoms with Crippen molar-refractivity contribution in [2.24, 2.45) is 0 Å². The standard InChI is InChI=1S/C29H34N4O6S/c1-30(2)16-9-19-33-27(36)26(35)24(29(33)22-10-5-6-11-23(22)31(3)28(29)37)25(34)20-12-14-21(15-13-20)40(38,39)32-17-7-4-8-18-32/h5-6,10-15,34H,4,7-9,16-19H2,1-3H3/b25-24+. The predicted molar refractivity (Wildman–Crippen MR) is 150 cm³/mol. The highest BCUT2D eigenvalue weighted by Crippen LogP contribution is 2.53. The Kier molecular flexibility index (Phi) is 7.32. The highest BCUT2D eigenvalue weighted by Gasteiger charge is 2.66. The lowest BCUT2D eigenvalue weighted by Gasteiger charge is -2.34. The van der Waals surface area contributed by atoms with Gasteiger partial charge in [0, 0.05) is 43.5 Å². The summed E-state index contributed by atoms with van der Waals surface area (Å²) in [5, 5.41) is 11.6. The number of benzene rings is 2. The molecule has 1 unspecified atom stereocenters. The zero-order chi connectivity index (χ0) is 28.8. The summed E-state index contributed by atoms with van der Waals surface area (Å²) in [4.78, 5) is 45.8. The average Bonchev–Trinajstić information content (AvgIpc) is 3.31. The summed E-state index contributed by atoms with van der Waals surface area (Å²) in [6.07, 6.45) is 3.10. The molecular formula is C29H34N4O6S. The van der Waals surface area contributed by atoms with E-state index in [1.165, 1.54) is 38.4 Å². The van der Waals surface area contributed by atoms with Crippen LogP contribution in [-0.2, 0) is 29.9 Å². The number of aliphatic hydroxyl groups is 1. The number of ketones is 1. The normalized spacial score (nSPS) is 23.1. The van der Waals surface area contributed by atoms with Crippen molar-refractivity contribution in [3.8, 4) is 0 Å². The van der Waals surface area contributed by atoms with Gasteiger partial charge in [-0.2, -0.15) is 4.31 Å². The number of piperidine rings is 1. The number of likely N-dealkylation sites (tertiary alicyclic amines) is 1. The Morgan fingerprint density at radius 1 is 0.975 bits per heavy atom. The molecule has 10 nitrogen and oxygen atoms in total. The molecule has 3 heterocycles. The van der Waals surface area contributed by atoms with Crippen molar-refractivity contribution in [2.75, 3.05) is 52.2 Å². The maximum absolute atomic E-state index is 14.0. The molecule has 2 aromatic rings. The van der Waals surface area contributed by atoms with Crippen LogP contribution in [-0.4, -0.2) is 92.5 Å². The van der Waals surface area contributed by atoms with Crippen LogP contribution in [0.15, 0.2) is 59.0 Å². The maximum Gasteiger partial charge on any atom is 0.296 e. The molecule has 11 heteroatoms. The number of hydrogen-bond donors (Lipinski definition) is 1. The number of sulfonamides is 1. The number of nitrogens with zero attached hydrogens (tertiary/aromatic N) is 4. The van der Waals surface area contributed by atoms with Gasteiger partial charge in [0.25, 0.3) is 17.6 Å². The molecule has 1 atom stereocenters. The minimum Gasteiger partial charge on any atom is -0.507 e. The maximum atomic E-state index is 14.0. The van der Waals surface area contributed by atoms with E-state index in [9.17, 15) is 27.9 Å². The van der Waals surface area contributed by atoms with E-state index < -0.39 is 38.9 Å². The van der Waals surface area contributed by atoms with Gasteiger partial charge in [0.05, 0.1) is 10.5 Å². The molecule has 0 aliphatic carbocycles. The second kappa shape index (κ2) is 10.5. The first-order chi connectivity index (χ1) is 19.0. The van der Waals surface area contributed by atoms with Crippen LogP contribution in [0.3, 0.4) is 0 Å². The van der Waals surface area contributed by atoms with Gasteiger partial charge in [-0.15, -0.1) is 0 Å².